The third-order valence-electron chi connectivity index (χ3n) is 2.74. The molecule has 0 spiro atoms. The average Bonchev–Trinajstić information content (AvgIpc) is 2.37. The quantitative estimate of drug-likeness (QED) is 0.875. The van der Waals surface area contributed by atoms with Crippen LogP contribution in [0.4, 0.5) is 5.69 Å². The van der Waals surface area contributed by atoms with Gasteiger partial charge in [0.25, 0.3) is 0 Å². The van der Waals surface area contributed by atoms with Crippen molar-refractivity contribution in [1.82, 2.24) is 0 Å². The van der Waals surface area contributed by atoms with Gasteiger partial charge in [-0.05, 0) is 30.2 Å². The van der Waals surface area contributed by atoms with E-state index in [0.29, 0.717) is 12.2 Å². The predicted octanol–water partition coefficient (Wildman–Crippen LogP) is 1.09. The Hall–Kier alpha value is -1.60. The first-order chi connectivity index (χ1) is 8.81. The molecule has 0 aromatic heterocycles. The standard InChI is InChI=1S/C12H18N2O4S/c1-4-12(15)18-19(16,17)14(3)11-6-5-9(2)10(7-11)8-13/h5-7H,4,8,13H2,1-3H3. The van der Waals surface area contributed by atoms with Crippen LogP contribution in [0.25, 0.3) is 0 Å². The first kappa shape index (κ1) is 15.5. The molecule has 0 aliphatic rings. The van der Waals surface area contributed by atoms with E-state index < -0.39 is 16.3 Å². The van der Waals surface area contributed by atoms with E-state index in [1.54, 1.807) is 18.2 Å². The summed E-state index contributed by atoms with van der Waals surface area (Å²) < 4.78 is 29.0. The second-order valence-corrected chi connectivity index (χ2v) is 5.62. The zero-order valence-corrected chi connectivity index (χ0v) is 12.0. The molecule has 7 heteroatoms. The van der Waals surface area contributed by atoms with Crippen LogP contribution in [0.3, 0.4) is 0 Å². The molecule has 106 valence electrons. The number of anilines is 1. The zero-order valence-electron chi connectivity index (χ0n) is 11.2. The van der Waals surface area contributed by atoms with Gasteiger partial charge in [-0.15, -0.1) is 0 Å². The highest BCUT2D eigenvalue weighted by Crippen LogP contribution is 2.21. The van der Waals surface area contributed by atoms with Gasteiger partial charge in [-0.25, -0.2) is 4.31 Å². The molecule has 6 nitrogen and oxygen atoms in total. The van der Waals surface area contributed by atoms with Crippen LogP contribution in [0.1, 0.15) is 24.5 Å². The summed E-state index contributed by atoms with van der Waals surface area (Å²) in [5, 5.41) is 0. The van der Waals surface area contributed by atoms with Crippen molar-refractivity contribution in [3.8, 4) is 0 Å². The van der Waals surface area contributed by atoms with E-state index in [0.717, 1.165) is 15.4 Å². The van der Waals surface area contributed by atoms with Gasteiger partial charge in [0.2, 0.25) is 0 Å². The van der Waals surface area contributed by atoms with Gasteiger partial charge in [0.05, 0.1) is 5.69 Å². The predicted molar refractivity (Wildman–Crippen MR) is 72.8 cm³/mol. The van der Waals surface area contributed by atoms with Crippen molar-refractivity contribution in [3.63, 3.8) is 0 Å². The van der Waals surface area contributed by atoms with Crippen molar-refractivity contribution in [2.75, 3.05) is 11.4 Å². The Kier molecular flexibility index (Phi) is 4.90. The smallest absolute Gasteiger partial charge is 0.330 e. The molecule has 2 N–H and O–H groups in total. The van der Waals surface area contributed by atoms with Gasteiger partial charge in [0, 0.05) is 20.0 Å². The minimum atomic E-state index is -4.12. The van der Waals surface area contributed by atoms with Crippen LogP contribution < -0.4 is 10.0 Å². The molecule has 1 aromatic rings. The Balaban J connectivity index is 3.06. The van der Waals surface area contributed by atoms with Crippen molar-refractivity contribution in [2.24, 2.45) is 5.73 Å². The van der Waals surface area contributed by atoms with Gasteiger partial charge >= 0.3 is 16.3 Å². The second-order valence-electron chi connectivity index (χ2n) is 4.05. The fourth-order valence-corrected chi connectivity index (χ4v) is 2.27. The van der Waals surface area contributed by atoms with E-state index in [1.165, 1.54) is 14.0 Å². The third kappa shape index (κ3) is 3.68. The number of nitrogens with two attached hydrogens (primary N) is 1. The van der Waals surface area contributed by atoms with Crippen molar-refractivity contribution >= 4 is 22.0 Å². The number of carbonyl (C=O) groups is 1. The molecule has 0 saturated heterocycles. The van der Waals surface area contributed by atoms with Crippen LogP contribution in [0, 0.1) is 6.92 Å². The molecule has 0 unspecified atom stereocenters. The summed E-state index contributed by atoms with van der Waals surface area (Å²) >= 11 is 0. The van der Waals surface area contributed by atoms with Crippen LogP contribution in [-0.2, 0) is 25.8 Å². The number of aryl methyl sites for hydroxylation is 1. The van der Waals surface area contributed by atoms with E-state index in [2.05, 4.69) is 4.18 Å². The highest BCUT2D eigenvalue weighted by molar-refractivity contribution is 7.88. The Labute approximate surface area is 113 Å². The molecule has 1 aromatic carbocycles. The summed E-state index contributed by atoms with van der Waals surface area (Å²) in [4.78, 5) is 11.1. The average molecular weight is 286 g/mol. The topological polar surface area (TPSA) is 89.7 Å². The first-order valence-corrected chi connectivity index (χ1v) is 7.19. The Morgan fingerprint density at radius 1 is 1.42 bits per heavy atom. The van der Waals surface area contributed by atoms with E-state index in [4.69, 9.17) is 5.73 Å². The maximum atomic E-state index is 11.8. The zero-order chi connectivity index (χ0) is 14.6. The lowest BCUT2D eigenvalue weighted by Gasteiger charge is -2.19. The SMILES string of the molecule is CCC(=O)OS(=O)(=O)N(C)c1ccc(C)c(CN)c1. The van der Waals surface area contributed by atoms with Gasteiger partial charge in [0.15, 0.2) is 0 Å². The van der Waals surface area contributed by atoms with Gasteiger partial charge in [-0.3, -0.25) is 4.79 Å². The van der Waals surface area contributed by atoms with Gasteiger partial charge in [-0.2, -0.15) is 8.42 Å². The second kappa shape index (κ2) is 6.03. The van der Waals surface area contributed by atoms with Crippen molar-refractivity contribution in [2.45, 2.75) is 26.8 Å². The molecule has 0 aliphatic heterocycles. The number of rotatable bonds is 5. The molecule has 0 aliphatic carbocycles. The molecule has 0 radical (unpaired) electrons. The molecule has 0 bridgehead atoms. The van der Waals surface area contributed by atoms with Crippen LogP contribution >= 0.6 is 0 Å². The van der Waals surface area contributed by atoms with Crippen molar-refractivity contribution in [3.05, 3.63) is 29.3 Å². The highest BCUT2D eigenvalue weighted by Gasteiger charge is 2.23. The lowest BCUT2D eigenvalue weighted by molar-refractivity contribution is -0.133. The third-order valence-corrected chi connectivity index (χ3v) is 4.02. The summed E-state index contributed by atoms with van der Waals surface area (Å²) in [5.41, 5.74) is 7.79. The molecule has 0 fully saturated rings. The van der Waals surface area contributed by atoms with Gasteiger partial charge < -0.3 is 9.92 Å². The van der Waals surface area contributed by atoms with E-state index in [1.807, 2.05) is 6.92 Å². The van der Waals surface area contributed by atoms with E-state index in [-0.39, 0.29) is 6.42 Å². The number of benzene rings is 1. The van der Waals surface area contributed by atoms with Crippen LogP contribution in [0.5, 0.6) is 0 Å². The lowest BCUT2D eigenvalue weighted by atomic mass is 10.1. The molecule has 0 amide bonds. The summed E-state index contributed by atoms with van der Waals surface area (Å²) in [6.07, 6.45) is -0.00494. The number of hydrogen-bond donors (Lipinski definition) is 1. The molecular weight excluding hydrogens is 268 g/mol. The summed E-state index contributed by atoms with van der Waals surface area (Å²) in [6.45, 7) is 3.72. The van der Waals surface area contributed by atoms with Crippen LogP contribution in [0.15, 0.2) is 18.2 Å². The molecular formula is C12H18N2O4S. The molecule has 1 rings (SSSR count). The van der Waals surface area contributed by atoms with Gasteiger partial charge in [-0.1, -0.05) is 13.0 Å². The van der Waals surface area contributed by atoms with E-state index >= 15 is 0 Å². The molecule has 19 heavy (non-hydrogen) atoms. The van der Waals surface area contributed by atoms with Crippen LogP contribution in [0.2, 0.25) is 0 Å². The Morgan fingerprint density at radius 2 is 2.05 bits per heavy atom. The summed E-state index contributed by atoms with van der Waals surface area (Å²) in [5.74, 6) is -0.794. The number of hydrogen-bond acceptors (Lipinski definition) is 5. The number of carbonyl (C=O) groups excluding carboxylic acids is 1. The molecule has 0 atom stereocenters. The van der Waals surface area contributed by atoms with Crippen molar-refractivity contribution < 1.29 is 17.4 Å². The maximum Gasteiger partial charge on any atom is 0.412 e. The van der Waals surface area contributed by atoms with Crippen LogP contribution in [-0.4, -0.2) is 21.4 Å². The first-order valence-electron chi connectivity index (χ1n) is 5.82. The van der Waals surface area contributed by atoms with Crippen molar-refractivity contribution in [1.29, 1.82) is 0 Å². The Bertz CT molecular complexity index is 569. The van der Waals surface area contributed by atoms with Gasteiger partial charge in [0.1, 0.15) is 0 Å². The molecule has 0 heterocycles. The fraction of sp³-hybridized carbons (Fsp3) is 0.417. The number of nitrogens with zero attached hydrogens (tertiary/aromatic N) is 1. The molecule has 0 saturated carbocycles. The largest absolute Gasteiger partial charge is 0.412 e. The normalized spacial score (nSPS) is 11.2. The maximum absolute atomic E-state index is 11.8. The summed E-state index contributed by atoms with van der Waals surface area (Å²) in [7, 11) is -2.80. The fourth-order valence-electron chi connectivity index (χ4n) is 1.44. The highest BCUT2D eigenvalue weighted by atomic mass is 32.2. The minimum absolute atomic E-state index is 0.00494. The Morgan fingerprint density at radius 3 is 2.58 bits per heavy atom. The minimum Gasteiger partial charge on any atom is -0.330 e. The monoisotopic (exact) mass is 286 g/mol. The summed E-state index contributed by atoms with van der Waals surface area (Å²) in [6, 6.07) is 5.06. The lowest BCUT2D eigenvalue weighted by Crippen LogP contribution is -2.30. The van der Waals surface area contributed by atoms with E-state index in [9.17, 15) is 13.2 Å².